The molecule has 9 heteroatoms. The van der Waals surface area contributed by atoms with Crippen molar-refractivity contribution in [1.29, 1.82) is 0 Å². The number of carbonyl (C=O) groups is 1. The van der Waals surface area contributed by atoms with Crippen LogP contribution >= 0.6 is 50.5 Å². The molecule has 3 aromatic rings. The van der Waals surface area contributed by atoms with Crippen molar-refractivity contribution < 1.29 is 4.79 Å². The Morgan fingerprint density at radius 1 is 1.24 bits per heavy atom. The standard InChI is InChI=1S/C20H19BrCl2N4OS/c1-2-13-18(20(28)25-26-9-3-4-10-26)24-27(15-6-5-12(22)11-14(15)23)19(13)16-7-8-17(21)29-16/h5-8,11H,2-4,9-10H2,1H3,(H,25,28). The van der Waals surface area contributed by atoms with Gasteiger partial charge in [-0.25, -0.2) is 9.69 Å². The number of aromatic nitrogens is 2. The maximum atomic E-state index is 13.1. The Bertz CT molecular complexity index is 1060. The molecule has 4 rings (SSSR count). The number of carbonyl (C=O) groups excluding carboxylic acids is 1. The molecule has 0 radical (unpaired) electrons. The van der Waals surface area contributed by atoms with Crippen LogP contribution in [0.5, 0.6) is 0 Å². The lowest BCUT2D eigenvalue weighted by Crippen LogP contribution is -2.40. The molecule has 2 aromatic heterocycles. The third-order valence-electron chi connectivity index (χ3n) is 4.86. The molecule has 5 nitrogen and oxygen atoms in total. The van der Waals surface area contributed by atoms with Crippen molar-refractivity contribution in [2.24, 2.45) is 0 Å². The lowest BCUT2D eigenvalue weighted by Gasteiger charge is -2.15. The first kappa shape index (κ1) is 20.9. The number of amides is 1. The van der Waals surface area contributed by atoms with Gasteiger partial charge >= 0.3 is 0 Å². The summed E-state index contributed by atoms with van der Waals surface area (Å²) in [6.07, 6.45) is 2.84. The van der Waals surface area contributed by atoms with Crippen LogP contribution in [0.2, 0.25) is 10.0 Å². The predicted octanol–water partition coefficient (Wildman–Crippen LogP) is 5.97. The molecule has 1 saturated heterocycles. The van der Waals surface area contributed by atoms with Crippen LogP contribution in [-0.4, -0.2) is 33.8 Å². The molecule has 0 bridgehead atoms. The topological polar surface area (TPSA) is 50.2 Å². The van der Waals surface area contributed by atoms with Crippen LogP contribution in [0.1, 0.15) is 35.8 Å². The smallest absolute Gasteiger partial charge is 0.283 e. The summed E-state index contributed by atoms with van der Waals surface area (Å²) >= 11 is 17.7. The van der Waals surface area contributed by atoms with E-state index in [1.807, 2.05) is 30.1 Å². The number of nitrogens with zero attached hydrogens (tertiary/aromatic N) is 3. The Labute approximate surface area is 191 Å². The van der Waals surface area contributed by atoms with Crippen LogP contribution in [0, 0.1) is 0 Å². The van der Waals surface area contributed by atoms with Gasteiger partial charge in [0.15, 0.2) is 5.69 Å². The number of thiophene rings is 1. The zero-order valence-corrected chi connectivity index (χ0v) is 19.6. The van der Waals surface area contributed by atoms with Crippen LogP contribution in [0.15, 0.2) is 34.1 Å². The molecule has 0 unspecified atom stereocenters. The van der Waals surface area contributed by atoms with Gasteiger partial charge in [-0.3, -0.25) is 10.2 Å². The summed E-state index contributed by atoms with van der Waals surface area (Å²) < 4.78 is 2.77. The van der Waals surface area contributed by atoms with Crippen molar-refractivity contribution in [1.82, 2.24) is 20.2 Å². The van der Waals surface area contributed by atoms with Crippen molar-refractivity contribution in [2.75, 3.05) is 13.1 Å². The van der Waals surface area contributed by atoms with E-state index < -0.39 is 0 Å². The molecule has 1 aromatic carbocycles. The van der Waals surface area contributed by atoms with E-state index in [0.717, 1.165) is 45.9 Å². The zero-order valence-electron chi connectivity index (χ0n) is 15.7. The van der Waals surface area contributed by atoms with Crippen molar-refractivity contribution in [3.05, 3.63) is 55.4 Å². The zero-order chi connectivity index (χ0) is 20.5. The van der Waals surface area contributed by atoms with Crippen LogP contribution < -0.4 is 5.43 Å². The molecule has 0 atom stereocenters. The van der Waals surface area contributed by atoms with Crippen LogP contribution in [-0.2, 0) is 6.42 Å². The van der Waals surface area contributed by atoms with E-state index in [4.69, 9.17) is 28.3 Å². The number of hydrazine groups is 1. The minimum Gasteiger partial charge on any atom is -0.283 e. The summed E-state index contributed by atoms with van der Waals surface area (Å²) in [4.78, 5) is 14.1. The van der Waals surface area contributed by atoms with E-state index in [9.17, 15) is 4.79 Å². The number of halogens is 3. The normalized spacial score (nSPS) is 14.5. The number of rotatable bonds is 5. The second-order valence-electron chi connectivity index (χ2n) is 6.78. The predicted molar refractivity (Wildman–Crippen MR) is 122 cm³/mol. The molecule has 1 fully saturated rings. The SMILES string of the molecule is CCc1c(C(=O)NN2CCCC2)nn(-c2ccc(Cl)cc2Cl)c1-c1ccc(Br)s1. The molecule has 3 heterocycles. The van der Waals surface area contributed by atoms with Crippen molar-refractivity contribution in [2.45, 2.75) is 26.2 Å². The summed E-state index contributed by atoms with van der Waals surface area (Å²) in [6.45, 7) is 3.76. The summed E-state index contributed by atoms with van der Waals surface area (Å²) in [5.41, 5.74) is 5.87. The molecule has 29 heavy (non-hydrogen) atoms. The first-order valence-corrected chi connectivity index (χ1v) is 11.7. The molecule has 1 N–H and O–H groups in total. The van der Waals surface area contributed by atoms with Crippen molar-refractivity contribution >= 4 is 56.4 Å². The molecule has 0 spiro atoms. The molecule has 1 aliphatic rings. The van der Waals surface area contributed by atoms with E-state index in [-0.39, 0.29) is 5.91 Å². The highest BCUT2D eigenvalue weighted by molar-refractivity contribution is 9.11. The van der Waals surface area contributed by atoms with E-state index in [0.29, 0.717) is 27.8 Å². The van der Waals surface area contributed by atoms with E-state index in [1.165, 1.54) is 0 Å². The Morgan fingerprint density at radius 2 is 2.00 bits per heavy atom. The van der Waals surface area contributed by atoms with Gasteiger partial charge in [0.25, 0.3) is 5.91 Å². The van der Waals surface area contributed by atoms with Crippen molar-refractivity contribution in [3.63, 3.8) is 0 Å². The number of nitrogens with one attached hydrogen (secondary N) is 1. The van der Waals surface area contributed by atoms with Gasteiger partial charge in [-0.2, -0.15) is 5.10 Å². The summed E-state index contributed by atoms with van der Waals surface area (Å²) in [5.74, 6) is -0.190. The quantitative estimate of drug-likeness (QED) is 0.457. The maximum Gasteiger partial charge on any atom is 0.286 e. The van der Waals surface area contributed by atoms with E-state index in [2.05, 4.69) is 21.4 Å². The third-order valence-corrected chi connectivity index (χ3v) is 7.03. The fourth-order valence-corrected chi connectivity index (χ4v) is 5.45. The van der Waals surface area contributed by atoms with E-state index in [1.54, 1.807) is 28.2 Å². The maximum absolute atomic E-state index is 13.1. The fraction of sp³-hybridized carbons (Fsp3) is 0.300. The molecule has 152 valence electrons. The van der Waals surface area contributed by atoms with Gasteiger partial charge in [0.05, 0.1) is 25.1 Å². The van der Waals surface area contributed by atoms with Crippen molar-refractivity contribution in [3.8, 4) is 16.3 Å². The Hall–Kier alpha value is -1.38. The molecule has 1 amide bonds. The highest BCUT2D eigenvalue weighted by Crippen LogP contribution is 2.38. The van der Waals surface area contributed by atoms with Gasteiger partial charge in [-0.15, -0.1) is 11.3 Å². The van der Waals surface area contributed by atoms with Crippen LogP contribution in [0.25, 0.3) is 16.3 Å². The van der Waals surface area contributed by atoms with Gasteiger partial charge in [0, 0.05) is 23.7 Å². The summed E-state index contributed by atoms with van der Waals surface area (Å²) in [5, 5.41) is 7.69. The van der Waals surface area contributed by atoms with Gasteiger partial charge in [-0.1, -0.05) is 30.1 Å². The highest BCUT2D eigenvalue weighted by atomic mass is 79.9. The second-order valence-corrected chi connectivity index (χ2v) is 10.1. The Kier molecular flexibility index (Phi) is 6.32. The van der Waals surface area contributed by atoms with Crippen LogP contribution in [0.4, 0.5) is 0 Å². The second kappa shape index (κ2) is 8.78. The number of hydrogen-bond donors (Lipinski definition) is 1. The molecular weight excluding hydrogens is 495 g/mol. The molecule has 1 aliphatic heterocycles. The fourth-order valence-electron chi connectivity index (χ4n) is 3.52. The average molecular weight is 514 g/mol. The van der Waals surface area contributed by atoms with Gasteiger partial charge in [-0.05, 0) is 65.5 Å². The Balaban J connectivity index is 1.86. The lowest BCUT2D eigenvalue weighted by molar-refractivity contribution is 0.0819. The lowest BCUT2D eigenvalue weighted by atomic mass is 10.1. The highest BCUT2D eigenvalue weighted by Gasteiger charge is 2.27. The first-order valence-electron chi connectivity index (χ1n) is 9.37. The van der Waals surface area contributed by atoms with Crippen LogP contribution in [0.3, 0.4) is 0 Å². The number of hydrogen-bond acceptors (Lipinski definition) is 4. The van der Waals surface area contributed by atoms with Gasteiger partial charge < -0.3 is 0 Å². The first-order chi connectivity index (χ1) is 14.0. The third kappa shape index (κ3) is 4.25. The average Bonchev–Trinajstić information content (AvgIpc) is 3.41. The Morgan fingerprint density at radius 3 is 2.62 bits per heavy atom. The minimum atomic E-state index is -0.190. The molecule has 0 aliphatic carbocycles. The van der Waals surface area contributed by atoms with E-state index >= 15 is 0 Å². The van der Waals surface area contributed by atoms with Gasteiger partial charge in [0.1, 0.15) is 0 Å². The molecule has 0 saturated carbocycles. The largest absolute Gasteiger partial charge is 0.286 e. The minimum absolute atomic E-state index is 0.190. The number of benzene rings is 1. The summed E-state index contributed by atoms with van der Waals surface area (Å²) in [7, 11) is 0. The molecular formula is C20H19BrCl2N4OS. The monoisotopic (exact) mass is 512 g/mol. The summed E-state index contributed by atoms with van der Waals surface area (Å²) in [6, 6.07) is 9.29. The van der Waals surface area contributed by atoms with Gasteiger partial charge in [0.2, 0.25) is 0 Å².